The Balaban J connectivity index is 1.56. The molecule has 0 radical (unpaired) electrons. The highest BCUT2D eigenvalue weighted by Gasteiger charge is 2.22. The standard InChI is InChI=1S/C26H33N3O5/c1-32-21-13-18(14-22(16-21)33-2)25(30)28-19-8-9-24(29-10-4-3-5-11-29)23(15-19)26(31)27-17-20-7-6-12-34-20/h8-9,13-16,20H,3-7,10-12,17H2,1-2H3,(H,27,31)(H,28,30). The number of hydrogen-bond acceptors (Lipinski definition) is 6. The van der Waals surface area contributed by atoms with E-state index in [4.69, 9.17) is 14.2 Å². The average Bonchev–Trinajstić information content (AvgIpc) is 3.41. The molecule has 0 aromatic heterocycles. The second-order valence-corrected chi connectivity index (χ2v) is 8.68. The summed E-state index contributed by atoms with van der Waals surface area (Å²) in [5, 5.41) is 5.94. The van der Waals surface area contributed by atoms with Gasteiger partial charge in [-0.2, -0.15) is 0 Å². The normalized spacial score (nSPS) is 17.8. The van der Waals surface area contributed by atoms with Crippen molar-refractivity contribution in [3.8, 4) is 11.5 Å². The zero-order valence-corrected chi connectivity index (χ0v) is 19.9. The van der Waals surface area contributed by atoms with Crippen molar-refractivity contribution < 1.29 is 23.8 Å². The van der Waals surface area contributed by atoms with Gasteiger partial charge in [-0.05, 0) is 62.4 Å². The summed E-state index contributed by atoms with van der Waals surface area (Å²) in [4.78, 5) is 28.4. The first-order valence-electron chi connectivity index (χ1n) is 11.9. The third kappa shape index (κ3) is 5.80. The quantitative estimate of drug-likeness (QED) is 0.613. The molecule has 0 bridgehead atoms. The molecule has 34 heavy (non-hydrogen) atoms. The molecular formula is C26H33N3O5. The lowest BCUT2D eigenvalue weighted by molar-refractivity contribution is 0.0858. The number of methoxy groups -OCH3 is 2. The Bertz CT molecular complexity index is 991. The molecule has 8 heteroatoms. The highest BCUT2D eigenvalue weighted by Crippen LogP contribution is 2.28. The Morgan fingerprint density at radius 3 is 2.35 bits per heavy atom. The Hall–Kier alpha value is -3.26. The van der Waals surface area contributed by atoms with Crippen molar-refractivity contribution >= 4 is 23.2 Å². The summed E-state index contributed by atoms with van der Waals surface area (Å²) < 4.78 is 16.2. The summed E-state index contributed by atoms with van der Waals surface area (Å²) in [6.45, 7) is 3.07. The van der Waals surface area contributed by atoms with E-state index in [0.29, 0.717) is 34.9 Å². The molecule has 182 valence electrons. The van der Waals surface area contributed by atoms with Crippen LogP contribution in [0.5, 0.6) is 11.5 Å². The van der Waals surface area contributed by atoms with E-state index in [9.17, 15) is 9.59 Å². The van der Waals surface area contributed by atoms with E-state index in [2.05, 4.69) is 15.5 Å². The SMILES string of the molecule is COc1cc(OC)cc(C(=O)Nc2ccc(N3CCCCC3)c(C(=O)NCC3CCCO3)c2)c1. The Morgan fingerprint density at radius 1 is 0.971 bits per heavy atom. The topological polar surface area (TPSA) is 89.1 Å². The fourth-order valence-corrected chi connectivity index (χ4v) is 4.46. The van der Waals surface area contributed by atoms with Gasteiger partial charge in [0.05, 0.1) is 25.9 Å². The van der Waals surface area contributed by atoms with Crippen molar-refractivity contribution in [3.05, 3.63) is 47.5 Å². The molecule has 8 nitrogen and oxygen atoms in total. The van der Waals surface area contributed by atoms with Crippen LogP contribution in [0, 0.1) is 0 Å². The van der Waals surface area contributed by atoms with E-state index in [1.165, 1.54) is 20.6 Å². The van der Waals surface area contributed by atoms with E-state index in [1.807, 2.05) is 12.1 Å². The minimum atomic E-state index is -0.311. The van der Waals surface area contributed by atoms with E-state index >= 15 is 0 Å². The van der Waals surface area contributed by atoms with E-state index in [1.54, 1.807) is 24.3 Å². The zero-order valence-electron chi connectivity index (χ0n) is 19.9. The first kappa shape index (κ1) is 23.9. The van der Waals surface area contributed by atoms with E-state index in [-0.39, 0.29) is 17.9 Å². The predicted octanol–water partition coefficient (Wildman–Crippen LogP) is 3.86. The molecule has 2 aliphatic rings. The van der Waals surface area contributed by atoms with Gasteiger partial charge in [-0.15, -0.1) is 0 Å². The monoisotopic (exact) mass is 467 g/mol. The third-order valence-corrected chi connectivity index (χ3v) is 6.32. The molecule has 2 aromatic rings. The number of ether oxygens (including phenoxy) is 3. The fourth-order valence-electron chi connectivity index (χ4n) is 4.46. The summed E-state index contributed by atoms with van der Waals surface area (Å²) in [5.41, 5.74) is 2.40. The van der Waals surface area contributed by atoms with Gasteiger partial charge in [0.25, 0.3) is 11.8 Å². The van der Waals surface area contributed by atoms with Crippen molar-refractivity contribution in [1.82, 2.24) is 5.32 Å². The van der Waals surface area contributed by atoms with Crippen molar-refractivity contribution in [1.29, 1.82) is 0 Å². The maximum atomic E-state index is 13.2. The number of hydrogen-bond donors (Lipinski definition) is 2. The van der Waals surface area contributed by atoms with Crippen LogP contribution in [0.3, 0.4) is 0 Å². The number of piperidine rings is 1. The number of nitrogens with zero attached hydrogens (tertiary/aromatic N) is 1. The zero-order chi connectivity index (χ0) is 23.9. The maximum absolute atomic E-state index is 13.2. The van der Waals surface area contributed by atoms with Crippen molar-refractivity contribution in [3.63, 3.8) is 0 Å². The second-order valence-electron chi connectivity index (χ2n) is 8.68. The van der Waals surface area contributed by atoms with Crippen LogP contribution in [0.1, 0.15) is 52.8 Å². The van der Waals surface area contributed by atoms with Crippen molar-refractivity contribution in [2.45, 2.75) is 38.2 Å². The first-order chi connectivity index (χ1) is 16.6. The van der Waals surface area contributed by atoms with Crippen LogP contribution in [0.4, 0.5) is 11.4 Å². The number of benzene rings is 2. The van der Waals surface area contributed by atoms with E-state index in [0.717, 1.165) is 51.1 Å². The molecule has 0 saturated carbocycles. The van der Waals surface area contributed by atoms with Gasteiger partial charge in [0.15, 0.2) is 0 Å². The lowest BCUT2D eigenvalue weighted by atomic mass is 10.1. The number of nitrogens with one attached hydrogen (secondary N) is 2. The third-order valence-electron chi connectivity index (χ3n) is 6.32. The number of amides is 2. The largest absolute Gasteiger partial charge is 0.497 e. The van der Waals surface area contributed by atoms with Crippen LogP contribution in [0.25, 0.3) is 0 Å². The predicted molar refractivity (Wildman–Crippen MR) is 131 cm³/mol. The van der Waals surface area contributed by atoms with Crippen LogP contribution in [-0.4, -0.2) is 58.4 Å². The Morgan fingerprint density at radius 2 is 1.71 bits per heavy atom. The minimum absolute atomic E-state index is 0.0633. The van der Waals surface area contributed by atoms with Crippen molar-refractivity contribution in [2.24, 2.45) is 0 Å². The molecule has 2 aliphatic heterocycles. The van der Waals surface area contributed by atoms with Crippen molar-refractivity contribution in [2.75, 3.05) is 50.7 Å². The number of rotatable bonds is 8. The van der Waals surface area contributed by atoms with Crippen LogP contribution in [0.2, 0.25) is 0 Å². The van der Waals surface area contributed by atoms with Crippen LogP contribution >= 0.6 is 0 Å². The van der Waals surface area contributed by atoms with Gasteiger partial charge in [-0.25, -0.2) is 0 Å². The van der Waals surface area contributed by atoms with Crippen LogP contribution < -0.4 is 25.0 Å². The Kier molecular flexibility index (Phi) is 7.90. The molecule has 2 amide bonds. The molecule has 0 aliphatic carbocycles. The molecule has 1 atom stereocenters. The molecule has 2 N–H and O–H groups in total. The summed E-state index contributed by atoms with van der Waals surface area (Å²) in [7, 11) is 3.08. The molecule has 4 rings (SSSR count). The molecule has 0 spiro atoms. The molecule has 2 saturated heterocycles. The van der Waals surface area contributed by atoms with Gasteiger partial charge in [-0.1, -0.05) is 0 Å². The molecule has 2 fully saturated rings. The van der Waals surface area contributed by atoms with Gasteiger partial charge in [0, 0.05) is 49.2 Å². The highest BCUT2D eigenvalue weighted by molar-refractivity contribution is 6.06. The number of carbonyl (C=O) groups is 2. The summed E-state index contributed by atoms with van der Waals surface area (Å²) in [6.07, 6.45) is 5.46. The molecule has 2 heterocycles. The van der Waals surface area contributed by atoms with E-state index < -0.39 is 0 Å². The molecule has 2 aromatic carbocycles. The maximum Gasteiger partial charge on any atom is 0.255 e. The number of anilines is 2. The van der Waals surface area contributed by atoms with Gasteiger partial charge in [-0.3, -0.25) is 9.59 Å². The lowest BCUT2D eigenvalue weighted by Gasteiger charge is -2.30. The van der Waals surface area contributed by atoms with Gasteiger partial charge in [0.2, 0.25) is 0 Å². The van der Waals surface area contributed by atoms with Gasteiger partial charge < -0.3 is 29.7 Å². The summed E-state index contributed by atoms with van der Waals surface area (Å²) in [6, 6.07) is 10.5. The highest BCUT2D eigenvalue weighted by atomic mass is 16.5. The summed E-state index contributed by atoms with van der Waals surface area (Å²) >= 11 is 0. The minimum Gasteiger partial charge on any atom is -0.497 e. The first-order valence-corrected chi connectivity index (χ1v) is 11.9. The molecular weight excluding hydrogens is 434 g/mol. The van der Waals surface area contributed by atoms with Gasteiger partial charge >= 0.3 is 0 Å². The smallest absolute Gasteiger partial charge is 0.255 e. The second kappa shape index (κ2) is 11.2. The molecule has 1 unspecified atom stereocenters. The summed E-state index contributed by atoms with van der Waals surface area (Å²) in [5.74, 6) is 0.585. The number of carbonyl (C=O) groups excluding carboxylic acids is 2. The average molecular weight is 468 g/mol. The fraction of sp³-hybridized carbons (Fsp3) is 0.462. The van der Waals surface area contributed by atoms with Crippen LogP contribution in [-0.2, 0) is 4.74 Å². The lowest BCUT2D eigenvalue weighted by Crippen LogP contribution is -2.35. The van der Waals surface area contributed by atoms with Gasteiger partial charge in [0.1, 0.15) is 11.5 Å². The van der Waals surface area contributed by atoms with Crippen LogP contribution in [0.15, 0.2) is 36.4 Å². The Labute approximate surface area is 200 Å².